The van der Waals surface area contributed by atoms with Crippen molar-refractivity contribution in [2.75, 3.05) is 31.7 Å². The molecule has 30 heavy (non-hydrogen) atoms. The molecule has 3 aromatic rings. The van der Waals surface area contributed by atoms with Gasteiger partial charge in [0.05, 0.1) is 26.0 Å². The Bertz CT molecular complexity index is 1110. The molecule has 2 atom stereocenters. The fourth-order valence-electron chi connectivity index (χ4n) is 3.94. The molecule has 0 radical (unpaired) electrons. The molecule has 2 saturated heterocycles. The molecule has 10 nitrogen and oxygen atoms in total. The van der Waals surface area contributed by atoms with E-state index in [-0.39, 0.29) is 18.1 Å². The topological polar surface area (TPSA) is 112 Å². The second kappa shape index (κ2) is 7.59. The van der Waals surface area contributed by atoms with Crippen molar-refractivity contribution in [1.29, 1.82) is 5.26 Å². The van der Waals surface area contributed by atoms with E-state index in [4.69, 9.17) is 19.2 Å². The lowest BCUT2D eigenvalue weighted by Gasteiger charge is -2.31. The highest BCUT2D eigenvalue weighted by atomic mass is 16.6. The van der Waals surface area contributed by atoms with Crippen LogP contribution >= 0.6 is 0 Å². The van der Waals surface area contributed by atoms with Crippen molar-refractivity contribution in [3.63, 3.8) is 0 Å². The van der Waals surface area contributed by atoms with E-state index < -0.39 is 0 Å². The maximum absolute atomic E-state index is 9.69. The number of hydrogen-bond acceptors (Lipinski definition) is 8. The third-order valence-electron chi connectivity index (χ3n) is 5.54. The van der Waals surface area contributed by atoms with Crippen molar-refractivity contribution in [2.45, 2.75) is 25.5 Å². The second-order valence-corrected chi connectivity index (χ2v) is 7.82. The van der Waals surface area contributed by atoms with Crippen LogP contribution in [0.3, 0.4) is 0 Å². The first-order chi connectivity index (χ1) is 14.6. The lowest BCUT2D eigenvalue weighted by atomic mass is 9.97. The monoisotopic (exact) mass is 409 g/mol. The molecule has 0 aromatic carbocycles. The summed E-state index contributed by atoms with van der Waals surface area (Å²) in [7, 11) is 1.83. The largest absolute Gasteiger partial charge is 0.467 e. The van der Waals surface area contributed by atoms with Crippen LogP contribution in [0.2, 0.25) is 0 Å². The van der Waals surface area contributed by atoms with Crippen molar-refractivity contribution in [3.8, 4) is 11.9 Å². The minimum Gasteiger partial charge on any atom is -0.467 e. The van der Waals surface area contributed by atoms with Crippen molar-refractivity contribution >= 4 is 22.7 Å². The zero-order valence-electron chi connectivity index (χ0n) is 16.9. The van der Waals surface area contributed by atoms with E-state index in [1.165, 1.54) is 0 Å². The number of anilines is 2. The first-order valence-corrected chi connectivity index (χ1v) is 10.0. The van der Waals surface area contributed by atoms with Gasteiger partial charge in [-0.15, -0.1) is 5.10 Å². The Kier molecular flexibility index (Phi) is 4.77. The highest BCUT2D eigenvalue weighted by Crippen LogP contribution is 2.33. The number of ether oxygens (including phenoxy) is 3. The minimum atomic E-state index is 0.00859. The highest BCUT2D eigenvalue weighted by Gasteiger charge is 2.28. The Morgan fingerprint density at radius 3 is 2.90 bits per heavy atom. The van der Waals surface area contributed by atoms with E-state index in [1.54, 1.807) is 10.9 Å². The third kappa shape index (κ3) is 3.36. The Morgan fingerprint density at radius 2 is 2.17 bits per heavy atom. The van der Waals surface area contributed by atoms with Crippen molar-refractivity contribution in [2.24, 2.45) is 13.0 Å². The van der Waals surface area contributed by atoms with Crippen LogP contribution in [0.25, 0.3) is 11.0 Å². The van der Waals surface area contributed by atoms with Crippen LogP contribution in [-0.2, 0) is 16.5 Å². The molecule has 0 spiro atoms. The van der Waals surface area contributed by atoms with Gasteiger partial charge in [0, 0.05) is 37.2 Å². The summed E-state index contributed by atoms with van der Waals surface area (Å²) >= 11 is 0. The van der Waals surface area contributed by atoms with E-state index >= 15 is 0 Å². The standard InChI is InChI=1S/C20H23N7O3/c1-12-9-28-4-3-17(12)27-14(6-21)5-13-7-22-20(24-18(13)27)23-16-8-26(2)25-19(16)30-15-10-29-11-15/h5,7-8,12,15,17H,3-4,9-11H2,1-2H3,(H,22,23,24)/t12-,17-/m1/s1. The average molecular weight is 409 g/mol. The summed E-state index contributed by atoms with van der Waals surface area (Å²) in [6.07, 6.45) is 4.41. The molecule has 2 aliphatic heterocycles. The number of nitrogens with one attached hydrogen (secondary N) is 1. The molecule has 5 rings (SSSR count). The van der Waals surface area contributed by atoms with Crippen LogP contribution in [0.15, 0.2) is 18.5 Å². The molecule has 5 heterocycles. The summed E-state index contributed by atoms with van der Waals surface area (Å²) in [5.41, 5.74) is 2.01. The molecular formula is C20H23N7O3. The average Bonchev–Trinajstić information content (AvgIpc) is 3.24. The van der Waals surface area contributed by atoms with Gasteiger partial charge in [0.15, 0.2) is 0 Å². The van der Waals surface area contributed by atoms with Crippen LogP contribution in [0.5, 0.6) is 5.88 Å². The predicted octanol–water partition coefficient (Wildman–Crippen LogP) is 2.16. The molecule has 0 amide bonds. The maximum Gasteiger partial charge on any atom is 0.257 e. The third-order valence-corrected chi connectivity index (χ3v) is 5.54. The van der Waals surface area contributed by atoms with Crippen molar-refractivity contribution in [3.05, 3.63) is 24.2 Å². The maximum atomic E-state index is 9.69. The van der Waals surface area contributed by atoms with E-state index in [0.29, 0.717) is 49.6 Å². The summed E-state index contributed by atoms with van der Waals surface area (Å²) in [4.78, 5) is 9.18. The Labute approximate surface area is 173 Å². The van der Waals surface area contributed by atoms with Gasteiger partial charge in [-0.05, 0) is 12.5 Å². The SMILES string of the molecule is C[C@@H]1COCC[C@H]1n1c(C#N)cc2cnc(Nc3cn(C)nc3OC3COC3)nc21. The zero-order chi connectivity index (χ0) is 20.7. The minimum absolute atomic E-state index is 0.00859. The lowest BCUT2D eigenvalue weighted by molar-refractivity contribution is -0.0812. The van der Waals surface area contributed by atoms with Crippen LogP contribution in [0.1, 0.15) is 25.1 Å². The molecule has 0 saturated carbocycles. The number of nitrogens with zero attached hydrogens (tertiary/aromatic N) is 6. The fraction of sp³-hybridized carbons (Fsp3) is 0.500. The molecule has 0 bridgehead atoms. The van der Waals surface area contributed by atoms with Gasteiger partial charge < -0.3 is 24.1 Å². The van der Waals surface area contributed by atoms with Crippen LogP contribution in [-0.4, -0.2) is 56.8 Å². The zero-order valence-corrected chi connectivity index (χ0v) is 16.9. The molecule has 2 fully saturated rings. The number of hydrogen-bond donors (Lipinski definition) is 1. The quantitative estimate of drug-likeness (QED) is 0.682. The van der Waals surface area contributed by atoms with Gasteiger partial charge >= 0.3 is 0 Å². The number of aryl methyl sites for hydroxylation is 1. The molecule has 1 N–H and O–H groups in total. The van der Waals surface area contributed by atoms with E-state index in [0.717, 1.165) is 17.5 Å². The van der Waals surface area contributed by atoms with Gasteiger partial charge in [-0.2, -0.15) is 10.2 Å². The number of rotatable bonds is 5. The van der Waals surface area contributed by atoms with E-state index in [9.17, 15) is 5.26 Å². The molecule has 156 valence electrons. The van der Waals surface area contributed by atoms with Crippen LogP contribution < -0.4 is 10.1 Å². The normalized spacial score (nSPS) is 21.9. The number of fused-ring (bicyclic) bond motifs is 1. The van der Waals surface area contributed by atoms with E-state index in [2.05, 4.69) is 28.4 Å². The molecule has 0 aliphatic carbocycles. The van der Waals surface area contributed by atoms with Crippen LogP contribution in [0.4, 0.5) is 11.6 Å². The Hall–Kier alpha value is -3.16. The molecule has 2 aliphatic rings. The first-order valence-electron chi connectivity index (χ1n) is 10.0. The first kappa shape index (κ1) is 18.8. The molecule has 10 heteroatoms. The number of nitriles is 1. The lowest BCUT2D eigenvalue weighted by Crippen LogP contribution is -2.38. The van der Waals surface area contributed by atoms with Crippen molar-refractivity contribution < 1.29 is 14.2 Å². The molecular weight excluding hydrogens is 386 g/mol. The van der Waals surface area contributed by atoms with Crippen LogP contribution in [0, 0.1) is 17.2 Å². The Morgan fingerprint density at radius 1 is 1.30 bits per heavy atom. The summed E-state index contributed by atoms with van der Waals surface area (Å²) < 4.78 is 20.3. The fourth-order valence-corrected chi connectivity index (χ4v) is 3.94. The molecule has 3 aromatic heterocycles. The van der Waals surface area contributed by atoms with E-state index in [1.807, 2.05) is 23.9 Å². The summed E-state index contributed by atoms with van der Waals surface area (Å²) in [6.45, 7) is 4.61. The second-order valence-electron chi connectivity index (χ2n) is 7.82. The van der Waals surface area contributed by atoms with Crippen molar-refractivity contribution in [1.82, 2.24) is 24.3 Å². The highest BCUT2D eigenvalue weighted by molar-refractivity contribution is 5.79. The number of aromatic nitrogens is 5. The smallest absolute Gasteiger partial charge is 0.257 e. The van der Waals surface area contributed by atoms with Gasteiger partial charge in [0.25, 0.3) is 5.88 Å². The van der Waals surface area contributed by atoms with Gasteiger partial charge in [-0.3, -0.25) is 4.68 Å². The van der Waals surface area contributed by atoms with Gasteiger partial charge in [-0.1, -0.05) is 6.92 Å². The molecule has 0 unspecified atom stereocenters. The summed E-state index contributed by atoms with van der Waals surface area (Å²) in [6, 6.07) is 4.31. The summed E-state index contributed by atoms with van der Waals surface area (Å²) in [5.74, 6) is 1.20. The predicted molar refractivity (Wildman–Crippen MR) is 108 cm³/mol. The Balaban J connectivity index is 1.49. The van der Waals surface area contributed by atoms with Gasteiger partial charge in [-0.25, -0.2) is 4.98 Å². The van der Waals surface area contributed by atoms with Gasteiger partial charge in [0.1, 0.15) is 29.2 Å². The van der Waals surface area contributed by atoms with Gasteiger partial charge in [0.2, 0.25) is 5.95 Å². The summed E-state index contributed by atoms with van der Waals surface area (Å²) in [5, 5.41) is 18.1.